The third kappa shape index (κ3) is 3.43. The van der Waals surface area contributed by atoms with Crippen LogP contribution < -0.4 is 0 Å². The second-order valence-corrected chi connectivity index (χ2v) is 6.48. The van der Waals surface area contributed by atoms with Crippen molar-refractivity contribution in [3.05, 3.63) is 0 Å². The van der Waals surface area contributed by atoms with Crippen molar-refractivity contribution in [3.63, 3.8) is 0 Å². The summed E-state index contributed by atoms with van der Waals surface area (Å²) in [5.74, 6) is -0.0521. The summed E-state index contributed by atoms with van der Waals surface area (Å²) in [4.78, 5) is 17.0. The first-order chi connectivity index (χ1) is 10.7. The summed E-state index contributed by atoms with van der Waals surface area (Å²) in [7, 11) is 0. The van der Waals surface area contributed by atoms with Gasteiger partial charge in [-0.25, -0.2) is 0 Å². The minimum Gasteiger partial charge on any atom is -0.347 e. The maximum Gasteiger partial charge on any atom is 0.226 e. The predicted molar refractivity (Wildman–Crippen MR) is 79.8 cm³/mol. The van der Waals surface area contributed by atoms with Crippen LogP contribution in [0.1, 0.15) is 32.1 Å². The zero-order valence-electron chi connectivity index (χ0n) is 13.1. The number of hydrogen-bond donors (Lipinski definition) is 0. The Bertz CT molecular complexity index is 432. The molecule has 0 N–H and O–H groups in total. The van der Waals surface area contributed by atoms with Crippen molar-refractivity contribution >= 4 is 5.91 Å². The molecule has 0 aromatic heterocycles. The van der Waals surface area contributed by atoms with Gasteiger partial charge in [0, 0.05) is 45.4 Å². The molecule has 1 unspecified atom stereocenters. The molecule has 1 amide bonds. The van der Waals surface area contributed by atoms with Crippen LogP contribution in [0.3, 0.4) is 0 Å². The lowest BCUT2D eigenvalue weighted by molar-refractivity contribution is -0.188. The second kappa shape index (κ2) is 6.95. The summed E-state index contributed by atoms with van der Waals surface area (Å²) in [6, 6.07) is 2.19. The molecule has 0 aromatic carbocycles. The second-order valence-electron chi connectivity index (χ2n) is 6.48. The van der Waals surface area contributed by atoms with E-state index in [1.807, 2.05) is 4.90 Å². The number of carbonyl (C=O) groups is 1. The van der Waals surface area contributed by atoms with Gasteiger partial charge in [0.1, 0.15) is 0 Å². The van der Waals surface area contributed by atoms with Gasteiger partial charge < -0.3 is 19.3 Å². The lowest BCUT2D eigenvalue weighted by atomic mass is 9.94. The molecule has 1 spiro atoms. The summed E-state index contributed by atoms with van der Waals surface area (Å²) in [6.45, 7) is 5.40. The summed E-state index contributed by atoms with van der Waals surface area (Å²) in [6.07, 6.45) is 4.12. The molecule has 1 atom stereocenters. The number of nitrogens with zero attached hydrogens (tertiary/aromatic N) is 3. The van der Waals surface area contributed by atoms with Gasteiger partial charge in [-0.05, 0) is 19.4 Å². The van der Waals surface area contributed by atoms with E-state index in [4.69, 9.17) is 14.7 Å². The first kappa shape index (κ1) is 15.7. The zero-order valence-corrected chi connectivity index (χ0v) is 13.1. The quantitative estimate of drug-likeness (QED) is 0.777. The minimum absolute atomic E-state index is 0.0897. The lowest BCUT2D eigenvalue weighted by Crippen LogP contribution is -2.51. The maximum atomic E-state index is 12.7. The summed E-state index contributed by atoms with van der Waals surface area (Å²) in [5.41, 5.74) is 0. The molecule has 3 heterocycles. The fraction of sp³-hybridized carbons (Fsp3) is 0.875. The highest BCUT2D eigenvalue weighted by Crippen LogP contribution is 2.32. The van der Waals surface area contributed by atoms with Gasteiger partial charge in [-0.1, -0.05) is 0 Å². The number of carbonyl (C=O) groups excluding carboxylic acids is 1. The minimum atomic E-state index is -0.415. The van der Waals surface area contributed by atoms with Crippen molar-refractivity contribution < 1.29 is 14.3 Å². The van der Waals surface area contributed by atoms with E-state index in [9.17, 15) is 4.79 Å². The molecule has 0 aliphatic carbocycles. The molecule has 3 rings (SSSR count). The number of hydrogen-bond acceptors (Lipinski definition) is 5. The van der Waals surface area contributed by atoms with Gasteiger partial charge in [-0.2, -0.15) is 5.26 Å². The molecule has 3 fully saturated rings. The highest BCUT2D eigenvalue weighted by Gasteiger charge is 2.41. The molecule has 3 aliphatic heterocycles. The predicted octanol–water partition coefficient (Wildman–Crippen LogP) is 0.978. The van der Waals surface area contributed by atoms with Crippen molar-refractivity contribution in [2.45, 2.75) is 37.9 Å². The zero-order chi connectivity index (χ0) is 15.4. The number of amides is 1. The number of piperidine rings is 2. The van der Waals surface area contributed by atoms with Gasteiger partial charge in [0.2, 0.25) is 5.91 Å². The van der Waals surface area contributed by atoms with E-state index in [0.717, 1.165) is 58.4 Å². The van der Waals surface area contributed by atoms with E-state index >= 15 is 0 Å². The molecule has 3 saturated heterocycles. The van der Waals surface area contributed by atoms with Crippen LogP contribution in [0.2, 0.25) is 0 Å². The normalized spacial score (nSPS) is 28.7. The van der Waals surface area contributed by atoms with E-state index in [1.54, 1.807) is 0 Å². The van der Waals surface area contributed by atoms with Crippen molar-refractivity contribution in [1.29, 1.82) is 5.26 Å². The molecule has 0 aromatic rings. The number of likely N-dealkylation sites (tertiary alicyclic amines) is 2. The molecule has 122 valence electrons. The third-order valence-corrected chi connectivity index (χ3v) is 5.05. The van der Waals surface area contributed by atoms with Crippen LogP contribution in [-0.2, 0) is 14.3 Å². The van der Waals surface area contributed by atoms with E-state index in [1.165, 1.54) is 0 Å². The van der Waals surface area contributed by atoms with E-state index in [0.29, 0.717) is 19.6 Å². The Balaban J connectivity index is 1.50. The van der Waals surface area contributed by atoms with Gasteiger partial charge in [-0.15, -0.1) is 0 Å². The van der Waals surface area contributed by atoms with Crippen LogP contribution in [0, 0.1) is 17.2 Å². The van der Waals surface area contributed by atoms with Crippen molar-refractivity contribution in [1.82, 2.24) is 9.80 Å². The van der Waals surface area contributed by atoms with Gasteiger partial charge in [0.25, 0.3) is 0 Å². The summed E-state index contributed by atoms with van der Waals surface area (Å²) >= 11 is 0. The molecule has 0 radical (unpaired) electrons. The Morgan fingerprint density at radius 3 is 2.64 bits per heavy atom. The van der Waals surface area contributed by atoms with Crippen LogP contribution in [0.4, 0.5) is 0 Å². The molecular weight excluding hydrogens is 282 g/mol. The molecule has 6 nitrogen and oxygen atoms in total. The average Bonchev–Trinajstić information content (AvgIpc) is 3.01. The molecule has 0 saturated carbocycles. The lowest BCUT2D eigenvalue weighted by Gasteiger charge is -2.40. The molecule has 0 bridgehead atoms. The Labute approximate surface area is 131 Å². The Kier molecular flexibility index (Phi) is 4.97. The van der Waals surface area contributed by atoms with Crippen molar-refractivity contribution in [3.8, 4) is 6.07 Å². The SMILES string of the molecule is N#CCCN1CCCC(C(=O)N2CCC3(CC2)OCCO3)C1. The van der Waals surface area contributed by atoms with Gasteiger partial charge in [-0.3, -0.25) is 4.79 Å². The maximum absolute atomic E-state index is 12.7. The highest BCUT2D eigenvalue weighted by atomic mass is 16.7. The fourth-order valence-electron chi connectivity index (χ4n) is 3.78. The van der Waals surface area contributed by atoms with Gasteiger partial charge in [0.15, 0.2) is 5.79 Å². The Morgan fingerprint density at radius 2 is 1.95 bits per heavy atom. The van der Waals surface area contributed by atoms with E-state index in [2.05, 4.69) is 11.0 Å². The first-order valence-corrected chi connectivity index (χ1v) is 8.38. The van der Waals surface area contributed by atoms with Crippen LogP contribution in [-0.4, -0.2) is 67.4 Å². The van der Waals surface area contributed by atoms with Crippen molar-refractivity contribution in [2.24, 2.45) is 5.92 Å². The smallest absolute Gasteiger partial charge is 0.226 e. The molecule has 22 heavy (non-hydrogen) atoms. The molecule has 3 aliphatic rings. The largest absolute Gasteiger partial charge is 0.347 e. The number of nitriles is 1. The van der Waals surface area contributed by atoms with Crippen LogP contribution in [0.25, 0.3) is 0 Å². The Hall–Kier alpha value is -1.16. The average molecular weight is 307 g/mol. The molecular formula is C16H25N3O3. The highest BCUT2D eigenvalue weighted by molar-refractivity contribution is 5.79. The summed E-state index contributed by atoms with van der Waals surface area (Å²) < 4.78 is 11.4. The first-order valence-electron chi connectivity index (χ1n) is 8.38. The van der Waals surface area contributed by atoms with Crippen molar-refractivity contribution in [2.75, 3.05) is 45.9 Å². The summed E-state index contributed by atoms with van der Waals surface area (Å²) in [5, 5.41) is 8.70. The van der Waals surface area contributed by atoms with Gasteiger partial charge >= 0.3 is 0 Å². The van der Waals surface area contributed by atoms with Crippen LogP contribution in [0.5, 0.6) is 0 Å². The van der Waals surface area contributed by atoms with E-state index in [-0.39, 0.29) is 11.8 Å². The topological polar surface area (TPSA) is 65.8 Å². The van der Waals surface area contributed by atoms with Crippen LogP contribution >= 0.6 is 0 Å². The monoisotopic (exact) mass is 307 g/mol. The molecule has 6 heteroatoms. The van der Waals surface area contributed by atoms with Crippen LogP contribution in [0.15, 0.2) is 0 Å². The Morgan fingerprint density at radius 1 is 1.23 bits per heavy atom. The number of rotatable bonds is 3. The van der Waals surface area contributed by atoms with Gasteiger partial charge in [0.05, 0.1) is 25.2 Å². The standard InChI is InChI=1S/C16H25N3O3/c17-6-2-8-18-7-1-3-14(13-18)15(20)19-9-4-16(5-10-19)21-11-12-22-16/h14H,1-5,7-13H2. The fourth-order valence-corrected chi connectivity index (χ4v) is 3.78. The number of ether oxygens (including phenoxy) is 2. The van der Waals surface area contributed by atoms with E-state index < -0.39 is 5.79 Å². The third-order valence-electron chi connectivity index (χ3n) is 5.05.